The van der Waals surface area contributed by atoms with Crippen LogP contribution in [-0.2, 0) is 0 Å². The molecule has 1 aromatic carbocycles. The molecule has 1 unspecified atom stereocenters. The summed E-state index contributed by atoms with van der Waals surface area (Å²) in [6.45, 7) is 5.74. The summed E-state index contributed by atoms with van der Waals surface area (Å²) in [5.74, 6) is 0.388. The predicted octanol–water partition coefficient (Wildman–Crippen LogP) is 3.36. The van der Waals surface area contributed by atoms with Gasteiger partial charge < -0.3 is 10.5 Å². The topological polar surface area (TPSA) is 48.1 Å². The second-order valence-corrected chi connectivity index (χ2v) is 5.16. The van der Waals surface area contributed by atoms with Crippen molar-refractivity contribution in [2.45, 2.75) is 32.9 Å². The van der Waals surface area contributed by atoms with Gasteiger partial charge in [0.25, 0.3) is 0 Å². The van der Waals surface area contributed by atoms with Gasteiger partial charge in [0.1, 0.15) is 11.6 Å². The zero-order valence-electron chi connectivity index (χ0n) is 11.9. The number of benzene rings is 1. The molecule has 2 N–H and O–H groups in total. The zero-order chi connectivity index (χ0) is 14.7. The lowest BCUT2D eigenvalue weighted by atomic mass is 9.99. The van der Waals surface area contributed by atoms with Crippen LogP contribution in [0, 0.1) is 12.7 Å². The minimum atomic E-state index is -0.424. The van der Waals surface area contributed by atoms with Crippen LogP contribution in [0.3, 0.4) is 0 Å². The van der Waals surface area contributed by atoms with Crippen molar-refractivity contribution in [1.29, 1.82) is 0 Å². The highest BCUT2D eigenvalue weighted by atomic mass is 19.1. The molecule has 1 atom stereocenters. The van der Waals surface area contributed by atoms with E-state index in [0.29, 0.717) is 5.75 Å². The standard InChI is InChI=1S/C16H19FN2O/c1-10(2)20-15-7-13(8-19-9-15)16(18)12-4-11(3)5-14(17)6-12/h4-10,16H,18H2,1-3H3. The third-order valence-electron chi connectivity index (χ3n) is 2.89. The fourth-order valence-electron chi connectivity index (χ4n) is 2.08. The second-order valence-electron chi connectivity index (χ2n) is 5.16. The lowest BCUT2D eigenvalue weighted by Gasteiger charge is -2.15. The van der Waals surface area contributed by atoms with E-state index in [1.807, 2.05) is 32.9 Å². The maximum atomic E-state index is 13.5. The Labute approximate surface area is 118 Å². The second kappa shape index (κ2) is 6.01. The van der Waals surface area contributed by atoms with Crippen LogP contribution >= 0.6 is 0 Å². The lowest BCUT2D eigenvalue weighted by Crippen LogP contribution is -2.13. The number of hydrogen-bond donors (Lipinski definition) is 1. The number of ether oxygens (including phenoxy) is 1. The van der Waals surface area contributed by atoms with Gasteiger partial charge >= 0.3 is 0 Å². The van der Waals surface area contributed by atoms with Crippen molar-refractivity contribution in [2.24, 2.45) is 5.73 Å². The Kier molecular flexibility index (Phi) is 4.35. The van der Waals surface area contributed by atoms with Crippen LogP contribution in [0.15, 0.2) is 36.7 Å². The summed E-state index contributed by atoms with van der Waals surface area (Å²) in [6, 6.07) is 6.23. The average molecular weight is 274 g/mol. The van der Waals surface area contributed by atoms with E-state index in [1.165, 1.54) is 12.1 Å². The molecule has 0 amide bonds. The first-order valence-corrected chi connectivity index (χ1v) is 6.60. The van der Waals surface area contributed by atoms with Crippen LogP contribution in [0.5, 0.6) is 5.75 Å². The SMILES string of the molecule is Cc1cc(F)cc(C(N)c2cncc(OC(C)C)c2)c1. The largest absolute Gasteiger partial charge is 0.489 e. The summed E-state index contributed by atoms with van der Waals surface area (Å²) in [4.78, 5) is 4.13. The summed E-state index contributed by atoms with van der Waals surface area (Å²) >= 11 is 0. The Morgan fingerprint density at radius 2 is 1.85 bits per heavy atom. The van der Waals surface area contributed by atoms with Gasteiger partial charge in [0.2, 0.25) is 0 Å². The Morgan fingerprint density at radius 1 is 1.10 bits per heavy atom. The molecule has 0 aliphatic carbocycles. The fraction of sp³-hybridized carbons (Fsp3) is 0.312. The van der Waals surface area contributed by atoms with Crippen molar-refractivity contribution in [2.75, 3.05) is 0 Å². The van der Waals surface area contributed by atoms with Gasteiger partial charge in [0.15, 0.2) is 0 Å². The van der Waals surface area contributed by atoms with Gasteiger partial charge in [-0.25, -0.2) is 4.39 Å². The van der Waals surface area contributed by atoms with Gasteiger partial charge in [-0.1, -0.05) is 6.07 Å². The van der Waals surface area contributed by atoms with Crippen molar-refractivity contribution in [3.63, 3.8) is 0 Å². The highest BCUT2D eigenvalue weighted by molar-refractivity contribution is 5.35. The summed E-state index contributed by atoms with van der Waals surface area (Å²) in [7, 11) is 0. The van der Waals surface area contributed by atoms with Gasteiger partial charge in [0.05, 0.1) is 18.3 Å². The summed E-state index contributed by atoms with van der Waals surface area (Å²) in [5.41, 5.74) is 8.56. The van der Waals surface area contributed by atoms with Crippen LogP contribution in [0.2, 0.25) is 0 Å². The van der Waals surface area contributed by atoms with Crippen molar-refractivity contribution in [3.05, 3.63) is 59.2 Å². The molecule has 0 saturated heterocycles. The van der Waals surface area contributed by atoms with Gasteiger partial charge in [-0.15, -0.1) is 0 Å². The molecule has 0 fully saturated rings. The van der Waals surface area contributed by atoms with E-state index >= 15 is 0 Å². The zero-order valence-corrected chi connectivity index (χ0v) is 11.9. The van der Waals surface area contributed by atoms with Crippen molar-refractivity contribution in [3.8, 4) is 5.75 Å². The number of hydrogen-bond acceptors (Lipinski definition) is 3. The van der Waals surface area contributed by atoms with Crippen LogP contribution in [0.4, 0.5) is 4.39 Å². The van der Waals surface area contributed by atoms with Gasteiger partial charge in [0, 0.05) is 6.20 Å². The van der Waals surface area contributed by atoms with Gasteiger partial charge in [-0.2, -0.15) is 0 Å². The molecular weight excluding hydrogens is 255 g/mol. The van der Waals surface area contributed by atoms with E-state index < -0.39 is 6.04 Å². The Hall–Kier alpha value is -1.94. The third kappa shape index (κ3) is 3.54. The molecule has 0 aliphatic heterocycles. The first-order chi connectivity index (χ1) is 9.45. The molecule has 20 heavy (non-hydrogen) atoms. The maximum Gasteiger partial charge on any atom is 0.138 e. The predicted molar refractivity (Wildman–Crippen MR) is 77.2 cm³/mol. The lowest BCUT2D eigenvalue weighted by molar-refractivity contribution is 0.241. The minimum absolute atomic E-state index is 0.0692. The molecule has 0 bridgehead atoms. The first kappa shape index (κ1) is 14.5. The molecule has 0 aliphatic rings. The molecule has 1 aromatic heterocycles. The molecule has 0 spiro atoms. The van der Waals surface area contributed by atoms with E-state index in [9.17, 15) is 4.39 Å². The highest BCUT2D eigenvalue weighted by Gasteiger charge is 2.12. The van der Waals surface area contributed by atoms with Gasteiger partial charge in [-0.05, 0) is 55.7 Å². The molecule has 3 nitrogen and oxygen atoms in total. The van der Waals surface area contributed by atoms with Crippen molar-refractivity contribution >= 4 is 0 Å². The van der Waals surface area contributed by atoms with E-state index in [1.54, 1.807) is 12.4 Å². The van der Waals surface area contributed by atoms with E-state index in [0.717, 1.165) is 16.7 Å². The van der Waals surface area contributed by atoms with E-state index in [4.69, 9.17) is 10.5 Å². The van der Waals surface area contributed by atoms with Crippen LogP contribution in [-0.4, -0.2) is 11.1 Å². The fourth-order valence-corrected chi connectivity index (χ4v) is 2.08. The molecule has 0 saturated carbocycles. The third-order valence-corrected chi connectivity index (χ3v) is 2.89. The molecule has 1 heterocycles. The number of nitrogens with two attached hydrogens (primary N) is 1. The molecular formula is C16H19FN2O. The van der Waals surface area contributed by atoms with Crippen LogP contribution in [0.25, 0.3) is 0 Å². The minimum Gasteiger partial charge on any atom is -0.489 e. The van der Waals surface area contributed by atoms with Gasteiger partial charge in [-0.3, -0.25) is 4.98 Å². The first-order valence-electron chi connectivity index (χ1n) is 6.60. The molecule has 2 rings (SSSR count). The number of pyridine rings is 1. The Bertz CT molecular complexity index is 579. The molecule has 0 radical (unpaired) electrons. The summed E-state index contributed by atoms with van der Waals surface area (Å²) in [5, 5.41) is 0. The summed E-state index contributed by atoms with van der Waals surface area (Å²) < 4.78 is 19.1. The smallest absolute Gasteiger partial charge is 0.138 e. The number of rotatable bonds is 4. The Balaban J connectivity index is 2.30. The summed E-state index contributed by atoms with van der Waals surface area (Å²) in [6.07, 6.45) is 3.39. The van der Waals surface area contributed by atoms with Crippen molar-refractivity contribution in [1.82, 2.24) is 4.98 Å². The van der Waals surface area contributed by atoms with E-state index in [-0.39, 0.29) is 11.9 Å². The molecule has 106 valence electrons. The number of halogens is 1. The number of aryl methyl sites for hydroxylation is 1. The monoisotopic (exact) mass is 274 g/mol. The van der Waals surface area contributed by atoms with Crippen molar-refractivity contribution < 1.29 is 9.13 Å². The maximum absolute atomic E-state index is 13.5. The molecule has 4 heteroatoms. The average Bonchev–Trinajstić information content (AvgIpc) is 2.36. The normalized spacial score (nSPS) is 12.5. The van der Waals surface area contributed by atoms with Crippen LogP contribution < -0.4 is 10.5 Å². The van der Waals surface area contributed by atoms with Crippen LogP contribution in [0.1, 0.15) is 36.6 Å². The number of nitrogens with zero attached hydrogens (tertiary/aromatic N) is 1. The number of aromatic nitrogens is 1. The molecule has 2 aromatic rings. The quantitative estimate of drug-likeness (QED) is 0.930. The highest BCUT2D eigenvalue weighted by Crippen LogP contribution is 2.24. The Morgan fingerprint density at radius 3 is 2.50 bits per heavy atom. The van der Waals surface area contributed by atoms with E-state index in [2.05, 4.69) is 4.98 Å².